The van der Waals surface area contributed by atoms with E-state index in [-0.39, 0.29) is 0 Å². The molecular weight excluding hydrogens is 230 g/mol. The van der Waals surface area contributed by atoms with Crippen LogP contribution in [-0.4, -0.2) is 6.21 Å². The van der Waals surface area contributed by atoms with Gasteiger partial charge in [0.1, 0.15) is 0 Å². The van der Waals surface area contributed by atoms with Crippen molar-refractivity contribution in [2.45, 2.75) is 31.7 Å². The molecule has 0 amide bonds. The molecule has 1 aliphatic heterocycles. The second-order valence-corrected chi connectivity index (χ2v) is 5.12. The summed E-state index contributed by atoms with van der Waals surface area (Å²) in [4.78, 5) is 4.67. The summed E-state index contributed by atoms with van der Waals surface area (Å²) in [5.74, 6) is 0. The van der Waals surface area contributed by atoms with Gasteiger partial charge in [0, 0.05) is 0 Å². The molecule has 0 fully saturated rings. The van der Waals surface area contributed by atoms with Crippen molar-refractivity contribution in [1.82, 2.24) is 0 Å². The molecule has 1 atom stereocenters. The zero-order valence-electron chi connectivity index (χ0n) is 11.1. The lowest BCUT2D eigenvalue weighted by atomic mass is 9.98. The molecule has 1 nitrogen and oxygen atoms in total. The molecule has 0 N–H and O–H groups in total. The molecule has 1 aliphatic rings. The lowest BCUT2D eigenvalue weighted by Crippen LogP contribution is -1.94. The fourth-order valence-electron chi connectivity index (χ4n) is 2.63. The van der Waals surface area contributed by atoms with Crippen LogP contribution in [0.1, 0.15) is 37.3 Å². The monoisotopic (exact) mass is 249 g/mol. The first-order valence-corrected chi connectivity index (χ1v) is 7.10. The Morgan fingerprint density at radius 1 is 0.789 bits per heavy atom. The SMILES string of the molecule is C1=NC(c2ccc(-c3ccccc3)cc2)CCCC1. The summed E-state index contributed by atoms with van der Waals surface area (Å²) in [5, 5.41) is 0. The fourth-order valence-corrected chi connectivity index (χ4v) is 2.63. The van der Waals surface area contributed by atoms with Crippen LogP contribution >= 0.6 is 0 Å². The summed E-state index contributed by atoms with van der Waals surface area (Å²) in [5.41, 5.74) is 3.90. The van der Waals surface area contributed by atoms with Gasteiger partial charge in [-0.15, -0.1) is 0 Å². The zero-order valence-corrected chi connectivity index (χ0v) is 11.1. The van der Waals surface area contributed by atoms with E-state index in [4.69, 9.17) is 0 Å². The minimum atomic E-state index is 0.368. The first-order chi connectivity index (χ1) is 9.43. The van der Waals surface area contributed by atoms with Gasteiger partial charge in [-0.2, -0.15) is 0 Å². The smallest absolute Gasteiger partial charge is 0.0745 e. The second-order valence-electron chi connectivity index (χ2n) is 5.12. The van der Waals surface area contributed by atoms with Crippen molar-refractivity contribution in [3.05, 3.63) is 60.2 Å². The van der Waals surface area contributed by atoms with Crippen LogP contribution in [0.25, 0.3) is 11.1 Å². The second kappa shape index (κ2) is 5.83. The molecule has 19 heavy (non-hydrogen) atoms. The largest absolute Gasteiger partial charge is 0.289 e. The van der Waals surface area contributed by atoms with Crippen molar-refractivity contribution in [3.63, 3.8) is 0 Å². The van der Waals surface area contributed by atoms with Gasteiger partial charge in [-0.3, -0.25) is 4.99 Å². The van der Waals surface area contributed by atoms with Gasteiger partial charge in [0.2, 0.25) is 0 Å². The highest BCUT2D eigenvalue weighted by Crippen LogP contribution is 2.28. The van der Waals surface area contributed by atoms with Gasteiger partial charge in [-0.25, -0.2) is 0 Å². The fraction of sp³-hybridized carbons (Fsp3) is 0.278. The highest BCUT2D eigenvalue weighted by Gasteiger charge is 2.11. The minimum Gasteiger partial charge on any atom is -0.289 e. The molecule has 0 saturated heterocycles. The average molecular weight is 249 g/mol. The van der Waals surface area contributed by atoms with E-state index in [1.165, 1.54) is 36.0 Å². The molecule has 0 aliphatic carbocycles. The highest BCUT2D eigenvalue weighted by atomic mass is 14.8. The molecule has 1 heteroatoms. The van der Waals surface area contributed by atoms with Crippen LogP contribution in [0.5, 0.6) is 0 Å². The van der Waals surface area contributed by atoms with E-state index in [0.29, 0.717) is 6.04 Å². The summed E-state index contributed by atoms with van der Waals surface area (Å²) in [6.07, 6.45) is 6.98. The third kappa shape index (κ3) is 2.93. The number of hydrogen-bond acceptors (Lipinski definition) is 1. The van der Waals surface area contributed by atoms with Gasteiger partial charge < -0.3 is 0 Å². The van der Waals surface area contributed by atoms with Gasteiger partial charge >= 0.3 is 0 Å². The van der Waals surface area contributed by atoms with E-state index in [1.54, 1.807) is 0 Å². The summed E-state index contributed by atoms with van der Waals surface area (Å²) < 4.78 is 0. The van der Waals surface area contributed by atoms with Crippen LogP contribution in [0, 0.1) is 0 Å². The molecule has 0 radical (unpaired) electrons. The van der Waals surface area contributed by atoms with Gasteiger partial charge in [0.05, 0.1) is 6.04 Å². The first kappa shape index (κ1) is 12.2. The van der Waals surface area contributed by atoms with E-state index < -0.39 is 0 Å². The van der Waals surface area contributed by atoms with Gasteiger partial charge in [0.25, 0.3) is 0 Å². The van der Waals surface area contributed by atoms with Crippen LogP contribution in [0.15, 0.2) is 59.6 Å². The predicted molar refractivity (Wildman–Crippen MR) is 81.6 cm³/mol. The Bertz CT molecular complexity index is 540. The maximum Gasteiger partial charge on any atom is 0.0745 e. The molecule has 1 unspecified atom stereocenters. The van der Waals surface area contributed by atoms with E-state index in [0.717, 1.165) is 6.42 Å². The number of nitrogens with zero attached hydrogens (tertiary/aromatic N) is 1. The molecular formula is C18H19N. The minimum absolute atomic E-state index is 0.368. The lowest BCUT2D eigenvalue weighted by Gasteiger charge is -2.11. The Labute approximate surface area is 115 Å². The quantitative estimate of drug-likeness (QED) is 0.707. The lowest BCUT2D eigenvalue weighted by molar-refractivity contribution is 0.618. The topological polar surface area (TPSA) is 12.4 Å². The molecule has 3 rings (SSSR count). The zero-order chi connectivity index (χ0) is 12.9. The summed E-state index contributed by atoms with van der Waals surface area (Å²) in [6, 6.07) is 19.8. The maximum absolute atomic E-state index is 4.67. The van der Waals surface area contributed by atoms with Crippen molar-refractivity contribution < 1.29 is 0 Å². The van der Waals surface area contributed by atoms with Crippen molar-refractivity contribution >= 4 is 6.21 Å². The molecule has 96 valence electrons. The van der Waals surface area contributed by atoms with Crippen LogP contribution in [0.4, 0.5) is 0 Å². The Morgan fingerprint density at radius 2 is 1.53 bits per heavy atom. The maximum atomic E-state index is 4.67. The molecule has 2 aromatic rings. The van der Waals surface area contributed by atoms with Gasteiger partial charge in [-0.05, 0) is 42.2 Å². The van der Waals surface area contributed by atoms with Crippen molar-refractivity contribution in [3.8, 4) is 11.1 Å². The number of aliphatic imine (C=N–C) groups is 1. The molecule has 0 spiro atoms. The Hall–Kier alpha value is -1.89. The molecule has 1 heterocycles. The van der Waals surface area contributed by atoms with E-state index in [2.05, 4.69) is 65.8 Å². The average Bonchev–Trinajstić information content (AvgIpc) is 2.77. The molecule has 2 aromatic carbocycles. The predicted octanol–water partition coefficient (Wildman–Crippen LogP) is 5.04. The van der Waals surface area contributed by atoms with Crippen molar-refractivity contribution in [2.24, 2.45) is 4.99 Å². The van der Waals surface area contributed by atoms with E-state index in [9.17, 15) is 0 Å². The number of rotatable bonds is 2. The third-order valence-corrected chi connectivity index (χ3v) is 3.75. The Kier molecular flexibility index (Phi) is 3.73. The summed E-state index contributed by atoms with van der Waals surface area (Å²) in [6.45, 7) is 0. The van der Waals surface area contributed by atoms with Crippen LogP contribution in [-0.2, 0) is 0 Å². The molecule has 0 bridgehead atoms. The molecule has 0 saturated carbocycles. The van der Waals surface area contributed by atoms with Crippen LogP contribution in [0.3, 0.4) is 0 Å². The number of hydrogen-bond donors (Lipinski definition) is 0. The van der Waals surface area contributed by atoms with Crippen LogP contribution in [0.2, 0.25) is 0 Å². The van der Waals surface area contributed by atoms with Gasteiger partial charge in [0.15, 0.2) is 0 Å². The third-order valence-electron chi connectivity index (χ3n) is 3.75. The first-order valence-electron chi connectivity index (χ1n) is 7.10. The van der Waals surface area contributed by atoms with Crippen molar-refractivity contribution in [2.75, 3.05) is 0 Å². The van der Waals surface area contributed by atoms with Crippen molar-refractivity contribution in [1.29, 1.82) is 0 Å². The van der Waals surface area contributed by atoms with E-state index in [1.807, 2.05) is 0 Å². The summed E-state index contributed by atoms with van der Waals surface area (Å²) >= 11 is 0. The highest BCUT2D eigenvalue weighted by molar-refractivity contribution is 5.63. The Morgan fingerprint density at radius 3 is 2.32 bits per heavy atom. The van der Waals surface area contributed by atoms with E-state index >= 15 is 0 Å². The summed E-state index contributed by atoms with van der Waals surface area (Å²) in [7, 11) is 0. The Balaban J connectivity index is 1.82. The normalized spacial score (nSPS) is 19.1. The van der Waals surface area contributed by atoms with Crippen LogP contribution < -0.4 is 0 Å². The number of benzene rings is 2. The standard InChI is InChI=1S/C18H19N/c1-3-7-15(8-4-1)16-10-12-17(13-11-16)18-9-5-2-6-14-19-18/h1,3-4,7-8,10-14,18H,2,5-6,9H2. The van der Waals surface area contributed by atoms with Gasteiger partial charge in [-0.1, -0.05) is 61.0 Å². The molecule has 0 aromatic heterocycles.